The number of alkyl halides is 1. The summed E-state index contributed by atoms with van der Waals surface area (Å²) in [5.41, 5.74) is 0.802. The van der Waals surface area contributed by atoms with Crippen LogP contribution in [0.15, 0.2) is 30.3 Å². The number of amides is 1. The summed E-state index contributed by atoms with van der Waals surface area (Å²) < 4.78 is 0. The van der Waals surface area contributed by atoms with E-state index in [4.69, 9.17) is 16.7 Å². The first-order valence-electron chi connectivity index (χ1n) is 6.76. The smallest absolute Gasteiger partial charge is 0.242 e. The molecule has 4 heteroatoms. The standard InChI is InChI=1S/C15H22ClNO2/c1-2-6-12(9-10-18)11-17-15(19)14(16)13-7-4-3-5-8-13/h3-5,7-8,12,14,18H,2,6,9-11H2,1H3,(H,17,19). The quantitative estimate of drug-likeness (QED) is 0.721. The summed E-state index contributed by atoms with van der Waals surface area (Å²) in [6.07, 6.45) is 2.76. The minimum absolute atomic E-state index is 0.156. The molecule has 0 bridgehead atoms. The minimum Gasteiger partial charge on any atom is -0.396 e. The predicted octanol–water partition coefficient (Wildman–Crippen LogP) is 2.88. The maximum Gasteiger partial charge on any atom is 0.242 e. The summed E-state index contributed by atoms with van der Waals surface area (Å²) in [5.74, 6) is 0.144. The lowest BCUT2D eigenvalue weighted by molar-refractivity contribution is -0.121. The molecule has 1 aromatic rings. The number of hydrogen-bond donors (Lipinski definition) is 2. The van der Waals surface area contributed by atoms with Crippen LogP contribution in [-0.2, 0) is 4.79 Å². The zero-order chi connectivity index (χ0) is 14.1. The molecule has 0 aliphatic carbocycles. The Bertz CT molecular complexity index is 364. The van der Waals surface area contributed by atoms with Crippen molar-refractivity contribution in [1.29, 1.82) is 0 Å². The van der Waals surface area contributed by atoms with Gasteiger partial charge in [-0.1, -0.05) is 43.7 Å². The molecule has 0 radical (unpaired) electrons. The molecule has 0 saturated heterocycles. The Morgan fingerprint density at radius 2 is 2.00 bits per heavy atom. The van der Waals surface area contributed by atoms with Gasteiger partial charge in [-0.25, -0.2) is 0 Å². The van der Waals surface area contributed by atoms with Gasteiger partial charge in [0.2, 0.25) is 5.91 Å². The Hall–Kier alpha value is -1.06. The molecule has 2 unspecified atom stereocenters. The van der Waals surface area contributed by atoms with Crippen LogP contribution in [-0.4, -0.2) is 24.2 Å². The zero-order valence-corrected chi connectivity index (χ0v) is 12.1. The van der Waals surface area contributed by atoms with Gasteiger partial charge >= 0.3 is 0 Å². The van der Waals surface area contributed by atoms with E-state index in [1.807, 2.05) is 30.3 Å². The van der Waals surface area contributed by atoms with Crippen molar-refractivity contribution in [1.82, 2.24) is 5.32 Å². The van der Waals surface area contributed by atoms with Crippen molar-refractivity contribution < 1.29 is 9.90 Å². The van der Waals surface area contributed by atoms with Gasteiger partial charge in [-0.2, -0.15) is 0 Å². The average Bonchev–Trinajstić information content (AvgIpc) is 2.45. The fourth-order valence-electron chi connectivity index (χ4n) is 2.05. The molecule has 3 nitrogen and oxygen atoms in total. The van der Waals surface area contributed by atoms with Crippen molar-refractivity contribution in [3.8, 4) is 0 Å². The number of halogens is 1. The lowest BCUT2D eigenvalue weighted by atomic mass is 10.00. The molecular formula is C15H22ClNO2. The van der Waals surface area contributed by atoms with Gasteiger partial charge in [0.15, 0.2) is 0 Å². The fourth-order valence-corrected chi connectivity index (χ4v) is 2.27. The van der Waals surface area contributed by atoms with Crippen LogP contribution in [0.5, 0.6) is 0 Å². The van der Waals surface area contributed by atoms with E-state index in [1.54, 1.807) is 0 Å². The summed E-state index contributed by atoms with van der Waals surface area (Å²) in [6, 6.07) is 9.31. The summed E-state index contributed by atoms with van der Waals surface area (Å²) >= 11 is 6.13. The van der Waals surface area contributed by atoms with Gasteiger partial charge < -0.3 is 10.4 Å². The largest absolute Gasteiger partial charge is 0.396 e. The second kappa shape index (κ2) is 8.94. The average molecular weight is 284 g/mol. The number of nitrogens with one attached hydrogen (secondary N) is 1. The van der Waals surface area contributed by atoms with Crippen molar-refractivity contribution in [2.45, 2.75) is 31.6 Å². The second-order valence-electron chi connectivity index (χ2n) is 4.69. The molecule has 2 atom stereocenters. The van der Waals surface area contributed by atoms with Crippen LogP contribution in [0.4, 0.5) is 0 Å². The molecule has 2 N–H and O–H groups in total. The molecule has 0 aliphatic rings. The van der Waals surface area contributed by atoms with E-state index in [2.05, 4.69) is 12.2 Å². The monoisotopic (exact) mass is 283 g/mol. The highest BCUT2D eigenvalue weighted by atomic mass is 35.5. The molecule has 1 amide bonds. The topological polar surface area (TPSA) is 49.3 Å². The van der Waals surface area contributed by atoms with Gasteiger partial charge in [-0.3, -0.25) is 4.79 Å². The number of benzene rings is 1. The maximum absolute atomic E-state index is 12.0. The third-order valence-corrected chi connectivity index (χ3v) is 3.57. The maximum atomic E-state index is 12.0. The van der Waals surface area contributed by atoms with E-state index in [1.165, 1.54) is 0 Å². The van der Waals surface area contributed by atoms with Gasteiger partial charge in [-0.05, 0) is 24.3 Å². The molecular weight excluding hydrogens is 262 g/mol. The molecule has 0 spiro atoms. The van der Waals surface area contributed by atoms with Crippen molar-refractivity contribution in [3.05, 3.63) is 35.9 Å². The van der Waals surface area contributed by atoms with Crippen molar-refractivity contribution in [2.24, 2.45) is 5.92 Å². The van der Waals surface area contributed by atoms with Gasteiger partial charge in [0, 0.05) is 13.2 Å². The molecule has 0 aliphatic heterocycles. The van der Waals surface area contributed by atoms with Crippen LogP contribution in [0, 0.1) is 5.92 Å². The fraction of sp³-hybridized carbons (Fsp3) is 0.533. The van der Waals surface area contributed by atoms with E-state index in [-0.39, 0.29) is 12.5 Å². The van der Waals surface area contributed by atoms with Crippen molar-refractivity contribution >= 4 is 17.5 Å². The van der Waals surface area contributed by atoms with Gasteiger partial charge in [0.25, 0.3) is 0 Å². The highest BCUT2D eigenvalue weighted by Crippen LogP contribution is 2.20. The van der Waals surface area contributed by atoms with Crippen LogP contribution in [0.25, 0.3) is 0 Å². The second-order valence-corrected chi connectivity index (χ2v) is 5.12. The number of carbonyl (C=O) groups is 1. The molecule has 0 fully saturated rings. The summed E-state index contributed by atoms with van der Waals surface area (Å²) in [6.45, 7) is 2.83. The van der Waals surface area contributed by atoms with E-state index >= 15 is 0 Å². The minimum atomic E-state index is -0.655. The van der Waals surface area contributed by atoms with E-state index < -0.39 is 5.38 Å². The van der Waals surface area contributed by atoms with Crippen LogP contribution >= 0.6 is 11.6 Å². The first-order valence-corrected chi connectivity index (χ1v) is 7.20. The van der Waals surface area contributed by atoms with Crippen LogP contribution in [0.1, 0.15) is 37.1 Å². The lowest BCUT2D eigenvalue weighted by Gasteiger charge is -2.17. The summed E-state index contributed by atoms with van der Waals surface area (Å²) in [5, 5.41) is 11.2. The normalized spacial score (nSPS) is 13.8. The number of carbonyl (C=O) groups excluding carboxylic acids is 1. The van der Waals surface area contributed by atoms with E-state index in [0.717, 1.165) is 18.4 Å². The molecule has 0 saturated carbocycles. The van der Waals surface area contributed by atoms with Crippen molar-refractivity contribution in [2.75, 3.05) is 13.2 Å². The molecule has 106 valence electrons. The Morgan fingerprint density at radius 1 is 1.32 bits per heavy atom. The van der Waals surface area contributed by atoms with Crippen LogP contribution < -0.4 is 5.32 Å². The SMILES string of the molecule is CCCC(CCO)CNC(=O)C(Cl)c1ccccc1. The highest BCUT2D eigenvalue weighted by molar-refractivity contribution is 6.30. The van der Waals surface area contributed by atoms with Crippen LogP contribution in [0.2, 0.25) is 0 Å². The lowest BCUT2D eigenvalue weighted by Crippen LogP contribution is -2.32. The number of hydrogen-bond acceptors (Lipinski definition) is 2. The summed E-state index contributed by atoms with van der Waals surface area (Å²) in [7, 11) is 0. The molecule has 1 aromatic carbocycles. The highest BCUT2D eigenvalue weighted by Gasteiger charge is 2.18. The number of aliphatic hydroxyl groups is 1. The van der Waals surface area contributed by atoms with Crippen LogP contribution in [0.3, 0.4) is 0 Å². The molecule has 19 heavy (non-hydrogen) atoms. The van der Waals surface area contributed by atoms with Gasteiger partial charge in [0.05, 0.1) is 0 Å². The molecule has 0 heterocycles. The van der Waals surface area contributed by atoms with Crippen molar-refractivity contribution in [3.63, 3.8) is 0 Å². The first-order chi connectivity index (χ1) is 9.19. The van der Waals surface area contributed by atoms with E-state index in [0.29, 0.717) is 18.9 Å². The predicted molar refractivity (Wildman–Crippen MR) is 78.1 cm³/mol. The Kier molecular flexibility index (Phi) is 7.53. The number of aliphatic hydroxyl groups excluding tert-OH is 1. The van der Waals surface area contributed by atoms with E-state index in [9.17, 15) is 4.79 Å². The third-order valence-electron chi connectivity index (χ3n) is 3.12. The summed E-state index contributed by atoms with van der Waals surface area (Å²) in [4.78, 5) is 12.0. The Morgan fingerprint density at radius 3 is 2.58 bits per heavy atom. The molecule has 0 aromatic heterocycles. The molecule has 1 rings (SSSR count). The first kappa shape index (κ1) is 16.0. The Balaban J connectivity index is 2.45. The zero-order valence-electron chi connectivity index (χ0n) is 11.3. The number of rotatable bonds is 8. The third kappa shape index (κ3) is 5.62. The Labute approximate surface area is 120 Å². The van der Waals surface area contributed by atoms with Gasteiger partial charge in [-0.15, -0.1) is 11.6 Å². The van der Waals surface area contributed by atoms with Gasteiger partial charge in [0.1, 0.15) is 5.38 Å².